The number of nitrogens with zero attached hydrogens (tertiary/aromatic N) is 4. The molecule has 138 valence electrons. The predicted octanol–water partition coefficient (Wildman–Crippen LogP) is 3.09. The van der Waals surface area contributed by atoms with Crippen molar-refractivity contribution in [2.24, 2.45) is 0 Å². The van der Waals surface area contributed by atoms with Gasteiger partial charge in [-0.25, -0.2) is 14.2 Å². The molecule has 26 heavy (non-hydrogen) atoms. The fourth-order valence-electron chi connectivity index (χ4n) is 2.16. The zero-order valence-electron chi connectivity index (χ0n) is 14.3. The first-order chi connectivity index (χ1) is 12.4. The van der Waals surface area contributed by atoms with E-state index >= 15 is 0 Å². The number of nitrogens with one attached hydrogen (secondary N) is 2. The van der Waals surface area contributed by atoms with Crippen molar-refractivity contribution >= 4 is 33.4 Å². The largest absolute Gasteiger partial charge is 0.339 e. The molecule has 3 heterocycles. The highest BCUT2D eigenvalue weighted by molar-refractivity contribution is 9.10. The van der Waals surface area contributed by atoms with Gasteiger partial charge in [0.2, 0.25) is 5.89 Å². The molecule has 0 saturated heterocycles. The highest BCUT2D eigenvalue weighted by Gasteiger charge is 2.27. The Morgan fingerprint density at radius 1 is 1.35 bits per heavy atom. The second kappa shape index (κ2) is 7.40. The molecule has 3 aromatic heterocycles. The Balaban J connectivity index is 1.51. The minimum atomic E-state index is -0.811. The number of aromatic nitrogens is 4. The van der Waals surface area contributed by atoms with Gasteiger partial charge in [0.05, 0.1) is 11.6 Å². The van der Waals surface area contributed by atoms with E-state index in [2.05, 4.69) is 41.7 Å². The average Bonchev–Trinajstić information content (AvgIpc) is 3.21. The minimum absolute atomic E-state index is 0.246. The Kier molecular flexibility index (Phi) is 5.21. The van der Waals surface area contributed by atoms with Gasteiger partial charge in [-0.15, -0.1) is 0 Å². The first-order valence-corrected chi connectivity index (χ1v) is 8.75. The number of imidazole rings is 1. The molecule has 0 saturated carbocycles. The van der Waals surface area contributed by atoms with E-state index in [4.69, 9.17) is 4.52 Å². The van der Waals surface area contributed by atoms with Crippen LogP contribution in [0.2, 0.25) is 0 Å². The summed E-state index contributed by atoms with van der Waals surface area (Å²) in [6.45, 7) is 3.08. The van der Waals surface area contributed by atoms with Crippen LogP contribution < -0.4 is 10.6 Å². The second-order valence-corrected chi connectivity index (χ2v) is 7.32. The number of urea groups is 1. The summed E-state index contributed by atoms with van der Waals surface area (Å²) in [4.78, 5) is 20.4. The third-order valence-corrected chi connectivity index (χ3v) is 4.14. The van der Waals surface area contributed by atoms with Crippen molar-refractivity contribution in [3.8, 4) is 0 Å². The summed E-state index contributed by atoms with van der Waals surface area (Å²) in [6, 6.07) is 3.32. The molecular weight excluding hydrogens is 407 g/mol. The van der Waals surface area contributed by atoms with Crippen LogP contribution in [0.25, 0.3) is 5.65 Å². The smallest absolute Gasteiger partial charge is 0.320 e. The van der Waals surface area contributed by atoms with Crippen molar-refractivity contribution in [2.45, 2.75) is 25.7 Å². The number of carbonyl (C=O) groups is 1. The van der Waals surface area contributed by atoms with Gasteiger partial charge < -0.3 is 14.2 Å². The number of alkyl halides is 1. The van der Waals surface area contributed by atoms with Crippen molar-refractivity contribution in [1.82, 2.24) is 24.8 Å². The Labute approximate surface area is 157 Å². The van der Waals surface area contributed by atoms with E-state index in [1.807, 2.05) is 18.3 Å². The van der Waals surface area contributed by atoms with Crippen LogP contribution in [0.1, 0.15) is 25.6 Å². The summed E-state index contributed by atoms with van der Waals surface area (Å²) < 4.78 is 20.7. The van der Waals surface area contributed by atoms with Crippen molar-refractivity contribution in [3.63, 3.8) is 0 Å². The molecule has 0 atom stereocenters. The standard InChI is InChI=1S/C16H18BrFN6O2/c1-16(2,9-18)14-21-11(23-26-14)5-6-19-15(25)22-12-8-24-7-10(17)3-4-13(24)20-12/h3-4,7-8H,5-6,9H2,1-2H3,(H2,19,22,25). The zero-order valence-corrected chi connectivity index (χ0v) is 15.9. The van der Waals surface area contributed by atoms with Crippen molar-refractivity contribution in [1.29, 1.82) is 0 Å². The van der Waals surface area contributed by atoms with Crippen LogP contribution in [0.15, 0.2) is 33.5 Å². The molecule has 8 nitrogen and oxygen atoms in total. The van der Waals surface area contributed by atoms with E-state index in [-0.39, 0.29) is 11.9 Å². The molecule has 10 heteroatoms. The van der Waals surface area contributed by atoms with Gasteiger partial charge in [0, 0.05) is 23.6 Å². The van der Waals surface area contributed by atoms with Gasteiger partial charge in [0.25, 0.3) is 0 Å². The summed E-state index contributed by atoms with van der Waals surface area (Å²) in [5.41, 5.74) is -0.0907. The number of pyridine rings is 1. The van der Waals surface area contributed by atoms with Crippen molar-refractivity contribution in [2.75, 3.05) is 18.5 Å². The predicted molar refractivity (Wildman–Crippen MR) is 96.9 cm³/mol. The molecule has 0 radical (unpaired) electrons. The van der Waals surface area contributed by atoms with E-state index in [1.54, 1.807) is 24.4 Å². The van der Waals surface area contributed by atoms with Crippen LogP contribution in [-0.4, -0.2) is 38.8 Å². The lowest BCUT2D eigenvalue weighted by molar-refractivity contribution is 0.252. The third kappa shape index (κ3) is 4.18. The van der Waals surface area contributed by atoms with Gasteiger partial charge in [-0.05, 0) is 41.9 Å². The van der Waals surface area contributed by atoms with Gasteiger partial charge in [-0.2, -0.15) is 4.98 Å². The van der Waals surface area contributed by atoms with Crippen LogP contribution in [0.5, 0.6) is 0 Å². The number of carbonyl (C=O) groups excluding carboxylic acids is 1. The zero-order chi connectivity index (χ0) is 18.7. The van der Waals surface area contributed by atoms with Crippen molar-refractivity contribution < 1.29 is 13.7 Å². The quantitative estimate of drug-likeness (QED) is 0.633. The van der Waals surface area contributed by atoms with Crippen LogP contribution in [0, 0.1) is 0 Å². The topological polar surface area (TPSA) is 97.4 Å². The number of amides is 2. The summed E-state index contributed by atoms with van der Waals surface area (Å²) in [6.07, 6.45) is 3.93. The molecule has 0 bridgehead atoms. The minimum Gasteiger partial charge on any atom is -0.339 e. The lowest BCUT2D eigenvalue weighted by Crippen LogP contribution is -2.30. The molecule has 2 amide bonds. The maximum Gasteiger partial charge on any atom is 0.320 e. The second-order valence-electron chi connectivity index (χ2n) is 6.40. The van der Waals surface area contributed by atoms with E-state index in [0.29, 0.717) is 24.6 Å². The molecule has 0 spiro atoms. The highest BCUT2D eigenvalue weighted by Crippen LogP contribution is 2.21. The van der Waals surface area contributed by atoms with E-state index < -0.39 is 12.1 Å². The Morgan fingerprint density at radius 2 is 2.15 bits per heavy atom. The van der Waals surface area contributed by atoms with Crippen LogP contribution in [0.4, 0.5) is 15.0 Å². The van der Waals surface area contributed by atoms with Gasteiger partial charge in [-0.3, -0.25) is 5.32 Å². The van der Waals surface area contributed by atoms with Crippen LogP contribution in [-0.2, 0) is 11.8 Å². The molecule has 0 fully saturated rings. The third-order valence-electron chi connectivity index (χ3n) is 3.67. The maximum atomic E-state index is 12.9. The SMILES string of the molecule is CC(C)(CF)c1nc(CCNC(=O)Nc2cn3cc(Br)ccc3n2)no1. The van der Waals surface area contributed by atoms with E-state index in [0.717, 1.165) is 10.1 Å². The molecule has 3 aromatic rings. The van der Waals surface area contributed by atoms with Crippen LogP contribution in [0.3, 0.4) is 0 Å². The first kappa shape index (κ1) is 18.3. The van der Waals surface area contributed by atoms with Gasteiger partial charge in [-0.1, -0.05) is 5.16 Å². The first-order valence-electron chi connectivity index (χ1n) is 7.95. The van der Waals surface area contributed by atoms with E-state index in [1.165, 1.54) is 0 Å². The summed E-state index contributed by atoms with van der Waals surface area (Å²) in [5.74, 6) is 1.10. The van der Waals surface area contributed by atoms with E-state index in [9.17, 15) is 9.18 Å². The highest BCUT2D eigenvalue weighted by atomic mass is 79.9. The normalized spacial score (nSPS) is 11.7. The number of fused-ring (bicyclic) bond motifs is 1. The molecule has 3 rings (SSSR count). The molecule has 0 aliphatic heterocycles. The van der Waals surface area contributed by atoms with Crippen LogP contribution >= 0.6 is 15.9 Å². The fourth-order valence-corrected chi connectivity index (χ4v) is 2.51. The lowest BCUT2D eigenvalue weighted by atomic mass is 9.96. The Bertz CT molecular complexity index is 923. The average molecular weight is 425 g/mol. The number of anilines is 1. The number of hydrogen-bond acceptors (Lipinski definition) is 5. The van der Waals surface area contributed by atoms with Gasteiger partial charge in [0.1, 0.15) is 12.3 Å². The lowest BCUT2D eigenvalue weighted by Gasteiger charge is -2.13. The van der Waals surface area contributed by atoms with Gasteiger partial charge >= 0.3 is 6.03 Å². The number of hydrogen-bond donors (Lipinski definition) is 2. The number of halogens is 2. The number of rotatable bonds is 6. The summed E-state index contributed by atoms with van der Waals surface area (Å²) in [7, 11) is 0. The molecule has 0 aliphatic rings. The summed E-state index contributed by atoms with van der Waals surface area (Å²) >= 11 is 3.38. The molecule has 2 N–H and O–H groups in total. The molecule has 0 aromatic carbocycles. The maximum absolute atomic E-state index is 12.9. The molecule has 0 unspecified atom stereocenters. The fraction of sp³-hybridized carbons (Fsp3) is 0.375. The Hall–Kier alpha value is -2.49. The van der Waals surface area contributed by atoms with Crippen molar-refractivity contribution in [3.05, 3.63) is 40.7 Å². The summed E-state index contributed by atoms with van der Waals surface area (Å²) in [5, 5.41) is 9.16. The molecular formula is C16H18BrFN6O2. The Morgan fingerprint density at radius 3 is 2.92 bits per heavy atom. The van der Waals surface area contributed by atoms with Gasteiger partial charge in [0.15, 0.2) is 11.6 Å². The molecule has 0 aliphatic carbocycles. The monoisotopic (exact) mass is 424 g/mol.